The Morgan fingerprint density at radius 1 is 1.32 bits per heavy atom. The summed E-state index contributed by atoms with van der Waals surface area (Å²) in [5.74, 6) is 0. The Kier molecular flexibility index (Phi) is 3.54. The second-order valence-electron chi connectivity index (χ2n) is 6.19. The van der Waals surface area contributed by atoms with Gasteiger partial charge in [0.25, 0.3) is 0 Å². The van der Waals surface area contributed by atoms with E-state index < -0.39 is 17.2 Å². The van der Waals surface area contributed by atoms with E-state index in [1.54, 1.807) is 0 Å². The Morgan fingerprint density at radius 3 is 2.26 bits per heavy atom. The highest BCUT2D eigenvalue weighted by atomic mass is 16.6. The quantitative estimate of drug-likeness (QED) is 0.858. The molecular formula is C15H21NO3. The molecule has 4 heteroatoms. The van der Waals surface area contributed by atoms with Gasteiger partial charge in [0.05, 0.1) is 12.1 Å². The maximum absolute atomic E-state index is 11.9. The fourth-order valence-corrected chi connectivity index (χ4v) is 2.45. The van der Waals surface area contributed by atoms with Gasteiger partial charge >= 0.3 is 6.09 Å². The van der Waals surface area contributed by atoms with Crippen molar-refractivity contribution in [1.29, 1.82) is 0 Å². The standard InChI is InChI=1S/C15H21NO3/c1-14(2,3)19-13(18)16-15(10-17)8-11-6-4-5-7-12(11)9-15/h4-7,17H,8-10H2,1-3H3,(H,16,18). The second-order valence-corrected chi connectivity index (χ2v) is 6.19. The summed E-state index contributed by atoms with van der Waals surface area (Å²) in [5, 5.41) is 12.5. The molecule has 0 bridgehead atoms. The minimum absolute atomic E-state index is 0.0963. The first-order chi connectivity index (χ1) is 8.84. The molecule has 1 aliphatic rings. The molecule has 0 atom stereocenters. The lowest BCUT2D eigenvalue weighted by Crippen LogP contribution is -2.53. The average Bonchev–Trinajstić information content (AvgIpc) is 2.64. The van der Waals surface area contributed by atoms with Crippen LogP contribution < -0.4 is 5.32 Å². The molecule has 1 aromatic rings. The van der Waals surface area contributed by atoms with E-state index in [-0.39, 0.29) is 6.61 Å². The molecule has 104 valence electrons. The zero-order valence-electron chi connectivity index (χ0n) is 11.7. The van der Waals surface area contributed by atoms with Gasteiger partial charge in [-0.25, -0.2) is 4.79 Å². The zero-order chi connectivity index (χ0) is 14.1. The van der Waals surface area contributed by atoms with E-state index in [2.05, 4.69) is 5.32 Å². The van der Waals surface area contributed by atoms with Gasteiger partial charge < -0.3 is 15.2 Å². The molecular weight excluding hydrogens is 242 g/mol. The fraction of sp³-hybridized carbons (Fsp3) is 0.533. The first-order valence-electron chi connectivity index (χ1n) is 6.52. The number of fused-ring (bicyclic) bond motifs is 1. The number of carbonyl (C=O) groups excluding carboxylic acids is 1. The molecule has 0 aromatic heterocycles. The molecule has 0 radical (unpaired) electrons. The van der Waals surface area contributed by atoms with Gasteiger partial charge in [0.1, 0.15) is 5.60 Å². The van der Waals surface area contributed by atoms with Crippen molar-refractivity contribution < 1.29 is 14.6 Å². The Balaban J connectivity index is 2.08. The van der Waals surface area contributed by atoms with Crippen molar-refractivity contribution in [1.82, 2.24) is 5.32 Å². The lowest BCUT2D eigenvalue weighted by atomic mass is 9.97. The first kappa shape index (κ1) is 13.9. The highest BCUT2D eigenvalue weighted by molar-refractivity contribution is 5.69. The molecule has 1 aromatic carbocycles. The van der Waals surface area contributed by atoms with Gasteiger partial charge in [0, 0.05) is 0 Å². The first-order valence-corrected chi connectivity index (χ1v) is 6.52. The van der Waals surface area contributed by atoms with Crippen LogP contribution >= 0.6 is 0 Å². The van der Waals surface area contributed by atoms with Crippen LogP contribution in [0.4, 0.5) is 4.79 Å². The van der Waals surface area contributed by atoms with Crippen molar-refractivity contribution in [3.63, 3.8) is 0 Å². The third kappa shape index (κ3) is 3.26. The number of amides is 1. The second kappa shape index (κ2) is 4.85. The summed E-state index contributed by atoms with van der Waals surface area (Å²) in [6, 6.07) is 8.01. The van der Waals surface area contributed by atoms with E-state index >= 15 is 0 Å². The minimum Gasteiger partial charge on any atom is -0.444 e. The summed E-state index contributed by atoms with van der Waals surface area (Å²) in [7, 11) is 0. The van der Waals surface area contributed by atoms with E-state index in [0.29, 0.717) is 12.8 Å². The molecule has 0 fully saturated rings. The maximum Gasteiger partial charge on any atom is 0.408 e. The number of benzene rings is 1. The van der Waals surface area contributed by atoms with E-state index in [1.807, 2.05) is 45.0 Å². The van der Waals surface area contributed by atoms with Crippen LogP contribution in [-0.2, 0) is 17.6 Å². The number of ether oxygens (including phenoxy) is 1. The zero-order valence-corrected chi connectivity index (χ0v) is 11.7. The van der Waals surface area contributed by atoms with E-state index in [1.165, 1.54) is 11.1 Å². The van der Waals surface area contributed by atoms with Crippen molar-refractivity contribution in [3.05, 3.63) is 35.4 Å². The molecule has 2 rings (SSSR count). The minimum atomic E-state index is -0.633. The normalized spacial score (nSPS) is 16.8. The van der Waals surface area contributed by atoms with Crippen molar-refractivity contribution in [3.8, 4) is 0 Å². The molecule has 0 spiro atoms. The Hall–Kier alpha value is -1.55. The van der Waals surface area contributed by atoms with E-state index in [0.717, 1.165) is 0 Å². The van der Waals surface area contributed by atoms with E-state index in [9.17, 15) is 9.90 Å². The van der Waals surface area contributed by atoms with E-state index in [4.69, 9.17) is 4.74 Å². The lowest BCUT2D eigenvalue weighted by molar-refractivity contribution is 0.0407. The molecule has 0 unspecified atom stereocenters. The number of aliphatic hydroxyl groups is 1. The smallest absolute Gasteiger partial charge is 0.408 e. The van der Waals surface area contributed by atoms with Crippen LogP contribution in [0.3, 0.4) is 0 Å². The molecule has 1 aliphatic carbocycles. The van der Waals surface area contributed by atoms with Crippen LogP contribution in [0.2, 0.25) is 0 Å². The molecule has 1 amide bonds. The predicted molar refractivity (Wildman–Crippen MR) is 73.0 cm³/mol. The van der Waals surface area contributed by atoms with Gasteiger partial charge in [0.2, 0.25) is 0 Å². The molecule has 0 aliphatic heterocycles. The topological polar surface area (TPSA) is 58.6 Å². The van der Waals surface area contributed by atoms with Crippen molar-refractivity contribution >= 4 is 6.09 Å². The molecule has 4 nitrogen and oxygen atoms in total. The lowest BCUT2D eigenvalue weighted by Gasteiger charge is -2.30. The monoisotopic (exact) mass is 263 g/mol. The summed E-state index contributed by atoms with van der Waals surface area (Å²) in [6.07, 6.45) is 0.798. The number of aliphatic hydroxyl groups excluding tert-OH is 1. The van der Waals surface area contributed by atoms with Crippen LogP contribution in [0.1, 0.15) is 31.9 Å². The molecule has 2 N–H and O–H groups in total. The average molecular weight is 263 g/mol. The summed E-state index contributed by atoms with van der Waals surface area (Å²) in [5.41, 5.74) is 1.18. The largest absolute Gasteiger partial charge is 0.444 e. The number of nitrogens with one attached hydrogen (secondary N) is 1. The number of hydrogen-bond donors (Lipinski definition) is 2. The van der Waals surface area contributed by atoms with Crippen LogP contribution in [0, 0.1) is 0 Å². The van der Waals surface area contributed by atoms with Crippen LogP contribution in [0.15, 0.2) is 24.3 Å². The van der Waals surface area contributed by atoms with Crippen molar-refractivity contribution in [2.75, 3.05) is 6.61 Å². The summed E-state index contributed by atoms with van der Waals surface area (Å²) < 4.78 is 5.26. The summed E-state index contributed by atoms with van der Waals surface area (Å²) in [6.45, 7) is 5.37. The van der Waals surface area contributed by atoms with Gasteiger partial charge in [-0.1, -0.05) is 24.3 Å². The highest BCUT2D eigenvalue weighted by Crippen LogP contribution is 2.30. The summed E-state index contributed by atoms with van der Waals surface area (Å²) in [4.78, 5) is 11.9. The number of carbonyl (C=O) groups is 1. The molecule has 0 saturated heterocycles. The van der Waals surface area contributed by atoms with Gasteiger partial charge in [-0.15, -0.1) is 0 Å². The van der Waals surface area contributed by atoms with Crippen molar-refractivity contribution in [2.24, 2.45) is 0 Å². The third-order valence-electron chi connectivity index (χ3n) is 3.24. The number of rotatable bonds is 2. The Morgan fingerprint density at radius 2 is 1.84 bits per heavy atom. The predicted octanol–water partition coefficient (Wildman–Crippen LogP) is 2.04. The Bertz CT molecular complexity index is 452. The fourth-order valence-electron chi connectivity index (χ4n) is 2.45. The molecule has 0 heterocycles. The molecule has 19 heavy (non-hydrogen) atoms. The molecule has 0 saturated carbocycles. The van der Waals surface area contributed by atoms with Crippen LogP contribution in [0.5, 0.6) is 0 Å². The number of hydrogen-bond acceptors (Lipinski definition) is 3. The summed E-state index contributed by atoms with van der Waals surface area (Å²) >= 11 is 0. The van der Waals surface area contributed by atoms with Crippen LogP contribution in [0.25, 0.3) is 0 Å². The maximum atomic E-state index is 11.9. The number of alkyl carbamates (subject to hydrolysis) is 1. The van der Waals surface area contributed by atoms with Gasteiger partial charge in [-0.2, -0.15) is 0 Å². The highest BCUT2D eigenvalue weighted by Gasteiger charge is 2.39. The van der Waals surface area contributed by atoms with Gasteiger partial charge in [-0.3, -0.25) is 0 Å². The van der Waals surface area contributed by atoms with Gasteiger partial charge in [0.15, 0.2) is 0 Å². The van der Waals surface area contributed by atoms with Crippen LogP contribution in [-0.4, -0.2) is 28.9 Å². The Labute approximate surface area is 113 Å². The third-order valence-corrected chi connectivity index (χ3v) is 3.24. The SMILES string of the molecule is CC(C)(C)OC(=O)NC1(CO)Cc2ccccc2C1. The van der Waals surface area contributed by atoms with Crippen molar-refractivity contribution in [2.45, 2.75) is 44.8 Å². The van der Waals surface area contributed by atoms with Gasteiger partial charge in [-0.05, 0) is 44.7 Å².